The van der Waals surface area contributed by atoms with Gasteiger partial charge in [-0.15, -0.1) is 0 Å². The molecule has 1 saturated heterocycles. The van der Waals surface area contributed by atoms with Gasteiger partial charge in [0.25, 0.3) is 0 Å². The van der Waals surface area contributed by atoms with Gasteiger partial charge in [0.2, 0.25) is 5.96 Å². The molecule has 0 amide bonds. The summed E-state index contributed by atoms with van der Waals surface area (Å²) in [6.07, 6.45) is 1.05. The zero-order valence-corrected chi connectivity index (χ0v) is 15.4. The summed E-state index contributed by atoms with van der Waals surface area (Å²) < 4.78 is 0. The molecule has 1 aliphatic rings. The first-order chi connectivity index (χ1) is 11.4. The first-order valence-electron chi connectivity index (χ1n) is 8.69. The molecule has 0 spiro atoms. The number of guanidine groups is 1. The minimum Gasteiger partial charge on any atom is -0.312 e. The second-order valence-corrected chi connectivity index (χ2v) is 6.96. The van der Waals surface area contributed by atoms with E-state index in [0.717, 1.165) is 13.0 Å². The zero-order chi connectivity index (χ0) is 17.4. The van der Waals surface area contributed by atoms with Gasteiger partial charge in [-0.25, -0.2) is 0 Å². The summed E-state index contributed by atoms with van der Waals surface area (Å²) in [7, 11) is 0. The van der Waals surface area contributed by atoms with E-state index in [0.29, 0.717) is 12.0 Å². The van der Waals surface area contributed by atoms with Gasteiger partial charge in [-0.1, -0.05) is 36.4 Å². The van der Waals surface area contributed by atoms with Crippen LogP contribution in [0.2, 0.25) is 0 Å². The second kappa shape index (κ2) is 6.31. The highest BCUT2D eigenvalue weighted by atomic mass is 15.4. The molecule has 3 nitrogen and oxygen atoms in total. The standard InChI is InChI=1S/C21H27N3/c1-14-8-6-9-15(2)19(14)23-13-12-18(5)24(21(23)22)20-16(3)10-7-11-17(20)4/h6-11,18,22H,12-13H2,1-5H3. The van der Waals surface area contributed by atoms with Gasteiger partial charge in [-0.2, -0.15) is 0 Å². The Hall–Kier alpha value is -2.29. The molecule has 1 unspecified atom stereocenters. The number of aryl methyl sites for hydroxylation is 4. The number of rotatable bonds is 2. The monoisotopic (exact) mass is 321 g/mol. The topological polar surface area (TPSA) is 30.3 Å². The Balaban J connectivity index is 2.07. The summed E-state index contributed by atoms with van der Waals surface area (Å²) >= 11 is 0. The van der Waals surface area contributed by atoms with Crippen LogP contribution in [0.1, 0.15) is 35.6 Å². The third-order valence-corrected chi connectivity index (χ3v) is 5.08. The molecule has 2 aromatic carbocycles. The summed E-state index contributed by atoms with van der Waals surface area (Å²) in [5.41, 5.74) is 7.30. The Morgan fingerprint density at radius 2 is 1.29 bits per heavy atom. The number of benzene rings is 2. The largest absolute Gasteiger partial charge is 0.312 e. The maximum absolute atomic E-state index is 8.95. The van der Waals surface area contributed by atoms with Crippen LogP contribution >= 0.6 is 0 Å². The van der Waals surface area contributed by atoms with E-state index >= 15 is 0 Å². The van der Waals surface area contributed by atoms with Crippen molar-refractivity contribution in [3.05, 3.63) is 58.7 Å². The van der Waals surface area contributed by atoms with Crippen LogP contribution in [-0.4, -0.2) is 18.5 Å². The maximum Gasteiger partial charge on any atom is 0.203 e. The molecule has 1 atom stereocenters. The molecule has 0 bridgehead atoms. The minimum atomic E-state index is 0.331. The van der Waals surface area contributed by atoms with Crippen molar-refractivity contribution in [2.75, 3.05) is 16.3 Å². The van der Waals surface area contributed by atoms with Gasteiger partial charge >= 0.3 is 0 Å². The highest BCUT2D eigenvalue weighted by molar-refractivity contribution is 6.08. The van der Waals surface area contributed by atoms with Crippen molar-refractivity contribution < 1.29 is 0 Å². The number of hydrogen-bond acceptors (Lipinski definition) is 1. The van der Waals surface area contributed by atoms with Crippen LogP contribution in [-0.2, 0) is 0 Å². The molecule has 1 N–H and O–H groups in total. The summed E-state index contributed by atoms with van der Waals surface area (Å²) in [5, 5.41) is 8.95. The van der Waals surface area contributed by atoms with Gasteiger partial charge in [-0.3, -0.25) is 5.41 Å². The van der Waals surface area contributed by atoms with E-state index in [-0.39, 0.29) is 0 Å². The average Bonchev–Trinajstić information content (AvgIpc) is 2.52. The second-order valence-electron chi connectivity index (χ2n) is 6.96. The molecule has 2 aromatic rings. The molecule has 3 heteroatoms. The van der Waals surface area contributed by atoms with Crippen LogP contribution < -0.4 is 9.80 Å². The lowest BCUT2D eigenvalue weighted by atomic mass is 10.0. The normalized spacial score (nSPS) is 18.2. The van der Waals surface area contributed by atoms with Crippen molar-refractivity contribution in [2.45, 2.75) is 47.1 Å². The fraction of sp³-hybridized carbons (Fsp3) is 0.381. The number of nitrogens with zero attached hydrogens (tertiary/aromatic N) is 2. The highest BCUT2D eigenvalue weighted by Gasteiger charge is 2.32. The zero-order valence-electron chi connectivity index (χ0n) is 15.4. The van der Waals surface area contributed by atoms with Crippen LogP contribution in [0.3, 0.4) is 0 Å². The molecule has 1 fully saturated rings. The fourth-order valence-electron chi connectivity index (χ4n) is 3.85. The molecule has 24 heavy (non-hydrogen) atoms. The molecule has 0 aromatic heterocycles. The summed E-state index contributed by atoms with van der Waals surface area (Å²) in [4.78, 5) is 4.39. The Morgan fingerprint density at radius 3 is 1.79 bits per heavy atom. The van der Waals surface area contributed by atoms with E-state index < -0.39 is 0 Å². The van der Waals surface area contributed by atoms with E-state index in [4.69, 9.17) is 5.41 Å². The lowest BCUT2D eigenvalue weighted by Gasteiger charge is -2.44. The van der Waals surface area contributed by atoms with Crippen LogP contribution in [0.25, 0.3) is 0 Å². The molecule has 1 heterocycles. The predicted molar refractivity (Wildman–Crippen MR) is 103 cm³/mol. The van der Waals surface area contributed by atoms with Crippen LogP contribution in [0.15, 0.2) is 36.4 Å². The molecular formula is C21H27N3. The molecule has 3 rings (SSSR count). The van der Waals surface area contributed by atoms with E-state index in [1.54, 1.807) is 0 Å². The molecule has 1 aliphatic heterocycles. The van der Waals surface area contributed by atoms with Gasteiger partial charge < -0.3 is 9.80 Å². The fourth-order valence-corrected chi connectivity index (χ4v) is 3.85. The van der Waals surface area contributed by atoms with Gasteiger partial charge in [0.15, 0.2) is 0 Å². The lowest BCUT2D eigenvalue weighted by molar-refractivity contribution is 0.616. The van der Waals surface area contributed by atoms with Crippen molar-refractivity contribution >= 4 is 17.3 Å². The van der Waals surface area contributed by atoms with E-state index in [1.165, 1.54) is 33.6 Å². The number of anilines is 2. The molecule has 0 radical (unpaired) electrons. The summed E-state index contributed by atoms with van der Waals surface area (Å²) in [6.45, 7) is 11.7. The minimum absolute atomic E-state index is 0.331. The van der Waals surface area contributed by atoms with Crippen LogP contribution in [0.5, 0.6) is 0 Å². The molecular weight excluding hydrogens is 294 g/mol. The van der Waals surface area contributed by atoms with Gasteiger partial charge in [0.05, 0.1) is 0 Å². The van der Waals surface area contributed by atoms with Crippen molar-refractivity contribution in [1.29, 1.82) is 5.41 Å². The van der Waals surface area contributed by atoms with Gasteiger partial charge in [0, 0.05) is 24.0 Å². The third-order valence-electron chi connectivity index (χ3n) is 5.08. The Morgan fingerprint density at radius 1 is 0.833 bits per heavy atom. The smallest absolute Gasteiger partial charge is 0.203 e. The van der Waals surface area contributed by atoms with E-state index in [9.17, 15) is 0 Å². The Bertz CT molecular complexity index is 738. The summed E-state index contributed by atoms with van der Waals surface area (Å²) in [6, 6.07) is 13.1. The highest BCUT2D eigenvalue weighted by Crippen LogP contribution is 2.34. The third kappa shape index (κ3) is 2.68. The van der Waals surface area contributed by atoms with Crippen molar-refractivity contribution in [3.63, 3.8) is 0 Å². The van der Waals surface area contributed by atoms with Gasteiger partial charge in [-0.05, 0) is 63.3 Å². The molecule has 0 aliphatic carbocycles. The maximum atomic E-state index is 8.95. The first-order valence-corrected chi connectivity index (χ1v) is 8.69. The predicted octanol–water partition coefficient (Wildman–Crippen LogP) is 4.96. The van der Waals surface area contributed by atoms with E-state index in [1.807, 2.05) is 0 Å². The van der Waals surface area contributed by atoms with E-state index in [2.05, 4.69) is 80.8 Å². The SMILES string of the molecule is Cc1cccc(C)c1N1CCC(C)N(c2c(C)cccc2C)C1=N. The van der Waals surface area contributed by atoms with Crippen LogP contribution in [0.4, 0.5) is 11.4 Å². The van der Waals surface area contributed by atoms with Crippen molar-refractivity contribution in [3.8, 4) is 0 Å². The van der Waals surface area contributed by atoms with Crippen LogP contribution in [0, 0.1) is 33.1 Å². The number of nitrogens with one attached hydrogen (secondary N) is 1. The molecule has 0 saturated carbocycles. The van der Waals surface area contributed by atoms with Gasteiger partial charge in [0.1, 0.15) is 0 Å². The Labute approximate surface area is 145 Å². The lowest BCUT2D eigenvalue weighted by Crippen LogP contribution is -2.55. The number of hydrogen-bond donors (Lipinski definition) is 1. The average molecular weight is 321 g/mol. The van der Waals surface area contributed by atoms with Crippen molar-refractivity contribution in [1.82, 2.24) is 0 Å². The quantitative estimate of drug-likeness (QED) is 0.847. The first kappa shape index (κ1) is 16.6. The van der Waals surface area contributed by atoms with Crippen molar-refractivity contribution in [2.24, 2.45) is 0 Å². The molecule has 126 valence electrons. The Kier molecular flexibility index (Phi) is 4.35. The summed E-state index contributed by atoms with van der Waals surface area (Å²) in [5.74, 6) is 0.587. The number of para-hydroxylation sites is 2.